The summed E-state index contributed by atoms with van der Waals surface area (Å²) in [7, 11) is 0. The number of nitrogens with zero attached hydrogens (tertiary/aromatic N) is 3. The molecule has 9 heteroatoms. The monoisotopic (exact) mass is 332 g/mol. The van der Waals surface area contributed by atoms with E-state index in [0.717, 1.165) is 0 Å². The van der Waals surface area contributed by atoms with Gasteiger partial charge in [-0.05, 0) is 17.7 Å². The molecule has 0 radical (unpaired) electrons. The summed E-state index contributed by atoms with van der Waals surface area (Å²) in [6.07, 6.45) is -2.76. The van der Waals surface area contributed by atoms with Crippen LogP contribution in [0, 0.1) is 0 Å². The van der Waals surface area contributed by atoms with Crippen molar-refractivity contribution in [3.8, 4) is 0 Å². The van der Waals surface area contributed by atoms with Crippen molar-refractivity contribution in [3.05, 3.63) is 47.2 Å². The van der Waals surface area contributed by atoms with E-state index in [4.69, 9.17) is 11.6 Å². The number of carbonyl (C=O) groups is 1. The van der Waals surface area contributed by atoms with Crippen LogP contribution in [0.5, 0.6) is 0 Å². The van der Waals surface area contributed by atoms with Crippen LogP contribution in [0.3, 0.4) is 0 Å². The highest BCUT2D eigenvalue weighted by Crippen LogP contribution is 2.30. The smallest absolute Gasteiger partial charge is 0.347 e. The normalized spacial score (nSPS) is 12.9. The lowest BCUT2D eigenvalue weighted by Gasteiger charge is -2.20. The molecular weight excluding hydrogens is 321 g/mol. The van der Waals surface area contributed by atoms with E-state index in [9.17, 15) is 18.0 Å². The molecule has 22 heavy (non-hydrogen) atoms. The van der Waals surface area contributed by atoms with Crippen molar-refractivity contribution in [2.45, 2.75) is 25.2 Å². The molecular formula is C13H12ClF3N4O. The number of aromatic nitrogens is 3. The topological polar surface area (TPSA) is 59.8 Å². The summed E-state index contributed by atoms with van der Waals surface area (Å²) in [5.41, 5.74) is 0.327. The van der Waals surface area contributed by atoms with E-state index in [1.165, 1.54) is 41.3 Å². The van der Waals surface area contributed by atoms with Crippen molar-refractivity contribution in [2.24, 2.45) is 0 Å². The van der Waals surface area contributed by atoms with E-state index in [1.54, 1.807) is 0 Å². The lowest BCUT2D eigenvalue weighted by atomic mass is 10.0. The van der Waals surface area contributed by atoms with E-state index < -0.39 is 24.5 Å². The van der Waals surface area contributed by atoms with Crippen molar-refractivity contribution in [1.29, 1.82) is 0 Å². The molecule has 118 valence electrons. The van der Waals surface area contributed by atoms with Gasteiger partial charge < -0.3 is 5.32 Å². The van der Waals surface area contributed by atoms with Gasteiger partial charge in [0.05, 0.1) is 18.7 Å². The zero-order valence-electron chi connectivity index (χ0n) is 11.2. The van der Waals surface area contributed by atoms with E-state index in [-0.39, 0.29) is 6.54 Å². The second-order valence-electron chi connectivity index (χ2n) is 4.59. The molecule has 1 aromatic heterocycles. The van der Waals surface area contributed by atoms with Gasteiger partial charge in [-0.15, -0.1) is 5.10 Å². The average molecular weight is 333 g/mol. The van der Waals surface area contributed by atoms with Crippen molar-refractivity contribution < 1.29 is 18.0 Å². The van der Waals surface area contributed by atoms with Gasteiger partial charge in [0.15, 0.2) is 0 Å². The molecule has 1 atom stereocenters. The fourth-order valence-corrected chi connectivity index (χ4v) is 2.01. The van der Waals surface area contributed by atoms with Crippen molar-refractivity contribution >= 4 is 17.5 Å². The van der Waals surface area contributed by atoms with Crippen LogP contribution in [0.1, 0.15) is 18.0 Å². The molecule has 2 aromatic rings. The molecule has 0 aliphatic heterocycles. The molecule has 2 rings (SSSR count). The largest absolute Gasteiger partial charge is 0.391 e. The Kier molecular flexibility index (Phi) is 5.02. The van der Waals surface area contributed by atoms with Crippen LogP contribution in [-0.2, 0) is 11.3 Å². The molecule has 0 aliphatic carbocycles. The number of hydrogen-bond donors (Lipinski definition) is 1. The van der Waals surface area contributed by atoms with Crippen LogP contribution < -0.4 is 5.32 Å². The third-order valence-electron chi connectivity index (χ3n) is 2.82. The zero-order chi connectivity index (χ0) is 16.2. The number of carbonyl (C=O) groups excluding carboxylic acids is 1. The summed E-state index contributed by atoms with van der Waals surface area (Å²) in [6.45, 7) is -0.206. The van der Waals surface area contributed by atoms with Crippen molar-refractivity contribution in [2.75, 3.05) is 0 Å². The highest BCUT2D eigenvalue weighted by molar-refractivity contribution is 6.30. The van der Waals surface area contributed by atoms with Gasteiger partial charge in [-0.25, -0.2) is 4.68 Å². The maximum Gasteiger partial charge on any atom is 0.391 e. The summed E-state index contributed by atoms with van der Waals surface area (Å²) in [4.78, 5) is 11.9. The highest BCUT2D eigenvalue weighted by Gasteiger charge is 2.33. The predicted octanol–water partition coefficient (Wildman–Crippen LogP) is 2.74. The van der Waals surface area contributed by atoms with E-state index >= 15 is 0 Å². The van der Waals surface area contributed by atoms with Crippen molar-refractivity contribution in [3.63, 3.8) is 0 Å². The zero-order valence-corrected chi connectivity index (χ0v) is 12.0. The molecule has 0 fully saturated rings. The standard InChI is InChI=1S/C13H12ClF3N4O/c14-10-3-1-9(2-4-10)11(7-13(15,16)17)19-12(22)8-21-6-5-18-20-21/h1-6,11H,7-8H2,(H,19,22)/t11-/m1/s1. The molecule has 1 N–H and O–H groups in total. The molecule has 0 saturated carbocycles. The Morgan fingerprint density at radius 3 is 2.55 bits per heavy atom. The first-order valence-electron chi connectivity index (χ1n) is 6.29. The number of nitrogens with one attached hydrogen (secondary N) is 1. The second kappa shape index (κ2) is 6.78. The minimum Gasteiger partial charge on any atom is -0.347 e. The van der Waals surface area contributed by atoms with E-state index in [2.05, 4.69) is 15.6 Å². The van der Waals surface area contributed by atoms with Gasteiger partial charge >= 0.3 is 6.18 Å². The molecule has 1 amide bonds. The third kappa shape index (κ3) is 5.03. The Balaban J connectivity index is 2.10. The molecule has 0 spiro atoms. The van der Waals surface area contributed by atoms with Gasteiger partial charge in [0.2, 0.25) is 5.91 Å². The lowest BCUT2D eigenvalue weighted by Crippen LogP contribution is -2.34. The third-order valence-corrected chi connectivity index (χ3v) is 3.07. The van der Waals surface area contributed by atoms with Gasteiger partial charge in [0.25, 0.3) is 0 Å². The minimum absolute atomic E-state index is 0.206. The Morgan fingerprint density at radius 1 is 1.32 bits per heavy atom. The maximum atomic E-state index is 12.7. The van der Waals surface area contributed by atoms with Crippen LogP contribution in [0.4, 0.5) is 13.2 Å². The summed E-state index contributed by atoms with van der Waals surface area (Å²) in [5.74, 6) is -0.588. The summed E-state index contributed by atoms with van der Waals surface area (Å²) in [5, 5.41) is 9.87. The number of hydrogen-bond acceptors (Lipinski definition) is 3. The summed E-state index contributed by atoms with van der Waals surface area (Å²) < 4.78 is 39.3. The quantitative estimate of drug-likeness (QED) is 0.916. The first kappa shape index (κ1) is 16.3. The molecule has 5 nitrogen and oxygen atoms in total. The first-order valence-corrected chi connectivity index (χ1v) is 6.67. The Hall–Kier alpha value is -2.09. The highest BCUT2D eigenvalue weighted by atomic mass is 35.5. The number of rotatable bonds is 5. The van der Waals surface area contributed by atoms with Gasteiger partial charge in [-0.1, -0.05) is 28.9 Å². The number of amides is 1. The molecule has 1 heterocycles. The van der Waals surface area contributed by atoms with Crippen LogP contribution in [-0.4, -0.2) is 27.1 Å². The van der Waals surface area contributed by atoms with Crippen molar-refractivity contribution in [1.82, 2.24) is 20.3 Å². The van der Waals surface area contributed by atoms with E-state index in [1.807, 2.05) is 0 Å². The maximum absolute atomic E-state index is 12.7. The molecule has 1 aromatic carbocycles. The van der Waals surface area contributed by atoms with Gasteiger partial charge in [-0.2, -0.15) is 13.2 Å². The van der Waals surface area contributed by atoms with Gasteiger partial charge in [-0.3, -0.25) is 4.79 Å². The molecule has 0 saturated heterocycles. The molecule has 0 bridgehead atoms. The predicted molar refractivity (Wildman–Crippen MR) is 73.0 cm³/mol. The van der Waals surface area contributed by atoms with Gasteiger partial charge in [0.1, 0.15) is 6.54 Å². The number of benzene rings is 1. The Bertz CT molecular complexity index is 613. The Labute approximate surface area is 129 Å². The minimum atomic E-state index is -4.41. The fraction of sp³-hybridized carbons (Fsp3) is 0.308. The number of alkyl halides is 3. The van der Waals surface area contributed by atoms with Crippen LogP contribution in [0.25, 0.3) is 0 Å². The Morgan fingerprint density at radius 2 is 2.00 bits per heavy atom. The summed E-state index contributed by atoms with van der Waals surface area (Å²) in [6, 6.07) is 4.67. The van der Waals surface area contributed by atoms with Crippen LogP contribution in [0.15, 0.2) is 36.7 Å². The summed E-state index contributed by atoms with van der Waals surface area (Å²) >= 11 is 5.72. The van der Waals surface area contributed by atoms with Gasteiger partial charge in [0, 0.05) is 11.2 Å². The lowest BCUT2D eigenvalue weighted by molar-refractivity contribution is -0.143. The number of halogens is 4. The van der Waals surface area contributed by atoms with Crippen LogP contribution >= 0.6 is 11.6 Å². The average Bonchev–Trinajstić information content (AvgIpc) is 2.90. The van der Waals surface area contributed by atoms with E-state index in [0.29, 0.717) is 10.6 Å². The molecule has 0 aliphatic rings. The SMILES string of the molecule is O=C(Cn1ccnn1)N[C@H](CC(F)(F)F)c1ccc(Cl)cc1. The fourth-order valence-electron chi connectivity index (χ4n) is 1.88. The molecule has 0 unspecified atom stereocenters. The van der Waals surface area contributed by atoms with Crippen LogP contribution in [0.2, 0.25) is 5.02 Å². The second-order valence-corrected chi connectivity index (χ2v) is 5.03. The first-order chi connectivity index (χ1) is 10.3.